The van der Waals surface area contributed by atoms with E-state index in [0.29, 0.717) is 0 Å². The summed E-state index contributed by atoms with van der Waals surface area (Å²) >= 11 is 0. The summed E-state index contributed by atoms with van der Waals surface area (Å²) in [5, 5.41) is 0. The smallest absolute Gasteiger partial charge is 0.341 e. The van der Waals surface area contributed by atoms with Crippen LogP contribution >= 0.6 is 0 Å². The first-order chi connectivity index (χ1) is 11.2. The lowest BCUT2D eigenvalue weighted by atomic mass is 10.1. The molecule has 2 rings (SSSR count). The van der Waals surface area contributed by atoms with Gasteiger partial charge in [0, 0.05) is 0 Å². The molecule has 7 heteroatoms. The molecule has 0 heterocycles. The molecule has 2 aromatic rings. The summed E-state index contributed by atoms with van der Waals surface area (Å²) in [7, 11) is -2.54. The molecule has 0 unspecified atom stereocenters. The van der Waals surface area contributed by atoms with Gasteiger partial charge in [0.25, 0.3) is 0 Å². The molecular weight excluding hydrogens is 333 g/mol. The highest BCUT2D eigenvalue weighted by Gasteiger charge is 2.19. The maximum Gasteiger partial charge on any atom is 0.341 e. The first kappa shape index (κ1) is 18.1. The van der Waals surface area contributed by atoms with Crippen molar-refractivity contribution >= 4 is 16.0 Å². The normalized spacial score (nSPS) is 11.3. The van der Waals surface area contributed by atoms with Crippen LogP contribution in [0.15, 0.2) is 41.3 Å². The molecule has 0 spiro atoms. The van der Waals surface area contributed by atoms with Gasteiger partial charge in [-0.15, -0.1) is 0 Å². The molecule has 0 aliphatic carbocycles. The molecule has 0 aliphatic heterocycles. The number of nitrogens with one attached hydrogen (secondary N) is 1. The van der Waals surface area contributed by atoms with E-state index in [0.717, 1.165) is 34.9 Å². The van der Waals surface area contributed by atoms with E-state index in [9.17, 15) is 17.6 Å². The van der Waals surface area contributed by atoms with Crippen molar-refractivity contribution in [2.45, 2.75) is 25.3 Å². The minimum Gasteiger partial charge on any atom is -0.457 e. The molecule has 1 N–H and O–H groups in total. The number of benzene rings is 2. The largest absolute Gasteiger partial charge is 0.457 e. The number of aryl methyl sites for hydroxylation is 2. The van der Waals surface area contributed by atoms with Crippen LogP contribution in [0.5, 0.6) is 0 Å². The van der Waals surface area contributed by atoms with Crippen molar-refractivity contribution < 1.29 is 22.3 Å². The van der Waals surface area contributed by atoms with Gasteiger partial charge in [-0.1, -0.05) is 29.3 Å². The van der Waals surface area contributed by atoms with Crippen molar-refractivity contribution in [1.82, 2.24) is 4.72 Å². The van der Waals surface area contributed by atoms with Crippen molar-refractivity contribution in [2.75, 3.05) is 7.05 Å². The van der Waals surface area contributed by atoms with Crippen LogP contribution in [0.2, 0.25) is 0 Å². The summed E-state index contributed by atoms with van der Waals surface area (Å²) in [5.74, 6) is -1.75. The number of sulfonamides is 1. The number of ether oxygens (including phenoxy) is 1. The Bertz CT molecular complexity index is 858. The van der Waals surface area contributed by atoms with Crippen LogP contribution in [0.4, 0.5) is 4.39 Å². The third kappa shape index (κ3) is 4.18. The molecule has 0 radical (unpaired) electrons. The van der Waals surface area contributed by atoms with E-state index in [1.807, 2.05) is 32.0 Å². The Morgan fingerprint density at radius 1 is 1.12 bits per heavy atom. The van der Waals surface area contributed by atoms with Gasteiger partial charge in [-0.2, -0.15) is 0 Å². The number of carbonyl (C=O) groups is 1. The Kier molecular flexibility index (Phi) is 5.36. The van der Waals surface area contributed by atoms with Gasteiger partial charge in [0.05, 0.1) is 10.5 Å². The summed E-state index contributed by atoms with van der Waals surface area (Å²) in [6, 6.07) is 8.68. The number of halogens is 1. The zero-order chi connectivity index (χ0) is 17.9. The second kappa shape index (κ2) is 7.11. The van der Waals surface area contributed by atoms with Gasteiger partial charge in [-0.05, 0) is 44.7 Å². The third-order valence-electron chi connectivity index (χ3n) is 3.39. The van der Waals surface area contributed by atoms with Crippen LogP contribution in [0.1, 0.15) is 27.0 Å². The molecule has 24 heavy (non-hydrogen) atoms. The fourth-order valence-corrected chi connectivity index (χ4v) is 3.08. The average Bonchev–Trinajstić information content (AvgIpc) is 2.52. The lowest BCUT2D eigenvalue weighted by Crippen LogP contribution is -2.19. The molecule has 0 aliphatic rings. The second-order valence-electron chi connectivity index (χ2n) is 5.42. The van der Waals surface area contributed by atoms with Gasteiger partial charge >= 0.3 is 5.97 Å². The lowest BCUT2D eigenvalue weighted by Gasteiger charge is -2.09. The summed E-state index contributed by atoms with van der Waals surface area (Å²) in [6.45, 7) is 3.82. The van der Waals surface area contributed by atoms with E-state index in [4.69, 9.17) is 4.74 Å². The van der Waals surface area contributed by atoms with Crippen LogP contribution < -0.4 is 4.72 Å². The van der Waals surface area contributed by atoms with Gasteiger partial charge in [-0.25, -0.2) is 22.3 Å². The minimum atomic E-state index is -3.77. The van der Waals surface area contributed by atoms with Gasteiger partial charge < -0.3 is 4.74 Å². The van der Waals surface area contributed by atoms with E-state index >= 15 is 0 Å². The van der Waals surface area contributed by atoms with Crippen molar-refractivity contribution in [3.63, 3.8) is 0 Å². The Hall–Kier alpha value is -2.25. The highest BCUT2D eigenvalue weighted by Crippen LogP contribution is 2.17. The predicted molar refractivity (Wildman–Crippen MR) is 87.7 cm³/mol. The maximum absolute atomic E-state index is 13.9. The van der Waals surface area contributed by atoms with Crippen LogP contribution in [-0.4, -0.2) is 21.4 Å². The van der Waals surface area contributed by atoms with Crippen LogP contribution in [0, 0.1) is 19.7 Å². The first-order valence-corrected chi connectivity index (χ1v) is 8.68. The van der Waals surface area contributed by atoms with Crippen molar-refractivity contribution in [3.8, 4) is 0 Å². The van der Waals surface area contributed by atoms with E-state index < -0.39 is 27.4 Å². The van der Waals surface area contributed by atoms with Gasteiger partial charge in [0.15, 0.2) is 0 Å². The number of esters is 1. The average molecular weight is 351 g/mol. The predicted octanol–water partition coefficient (Wildman–Crippen LogP) is 2.71. The van der Waals surface area contributed by atoms with Gasteiger partial charge in [0.1, 0.15) is 12.4 Å². The molecule has 0 atom stereocenters. The number of hydrogen-bond acceptors (Lipinski definition) is 4. The summed E-state index contributed by atoms with van der Waals surface area (Å²) in [6.07, 6.45) is 0. The molecule has 0 saturated heterocycles. The Morgan fingerprint density at radius 2 is 1.75 bits per heavy atom. The Morgan fingerprint density at radius 3 is 2.33 bits per heavy atom. The highest BCUT2D eigenvalue weighted by atomic mass is 32.2. The Balaban J connectivity index is 2.22. The van der Waals surface area contributed by atoms with E-state index in [-0.39, 0.29) is 11.5 Å². The fourth-order valence-electron chi connectivity index (χ4n) is 2.32. The standard InChI is InChI=1S/C17H18FNO4S/c1-11-6-12(2)8-13(7-11)10-23-17(20)15-9-14(4-5-16(15)18)24(21,22)19-3/h4-9,19H,10H2,1-3H3. The van der Waals surface area contributed by atoms with Crippen molar-refractivity contribution in [2.24, 2.45) is 0 Å². The SMILES string of the molecule is CNS(=O)(=O)c1ccc(F)c(C(=O)OCc2cc(C)cc(C)c2)c1. The summed E-state index contributed by atoms with van der Waals surface area (Å²) in [4.78, 5) is 11.9. The molecule has 2 aromatic carbocycles. The van der Waals surface area contributed by atoms with E-state index in [2.05, 4.69) is 4.72 Å². The monoisotopic (exact) mass is 351 g/mol. The van der Waals surface area contributed by atoms with E-state index in [1.54, 1.807) is 0 Å². The highest BCUT2D eigenvalue weighted by molar-refractivity contribution is 7.89. The topological polar surface area (TPSA) is 72.5 Å². The van der Waals surface area contributed by atoms with Gasteiger partial charge in [-0.3, -0.25) is 0 Å². The molecule has 0 fully saturated rings. The van der Waals surface area contributed by atoms with Crippen molar-refractivity contribution in [1.29, 1.82) is 0 Å². The lowest BCUT2D eigenvalue weighted by molar-refractivity contribution is 0.0467. The molecule has 128 valence electrons. The quantitative estimate of drug-likeness (QED) is 0.841. The maximum atomic E-state index is 13.9. The van der Waals surface area contributed by atoms with Crippen molar-refractivity contribution in [3.05, 3.63) is 64.5 Å². The Labute approximate surface area is 140 Å². The zero-order valence-electron chi connectivity index (χ0n) is 13.6. The molecular formula is C17H18FNO4S. The summed E-state index contributed by atoms with van der Waals surface area (Å²) < 4.78 is 44.6. The molecule has 0 amide bonds. The van der Waals surface area contributed by atoms with E-state index in [1.165, 1.54) is 7.05 Å². The van der Waals surface area contributed by atoms with Gasteiger partial charge in [0.2, 0.25) is 10.0 Å². The first-order valence-electron chi connectivity index (χ1n) is 7.20. The van der Waals surface area contributed by atoms with Crippen LogP contribution in [0.3, 0.4) is 0 Å². The molecule has 0 saturated carbocycles. The number of rotatable bonds is 5. The zero-order valence-corrected chi connectivity index (χ0v) is 14.4. The third-order valence-corrected chi connectivity index (χ3v) is 4.80. The molecule has 5 nitrogen and oxygen atoms in total. The van der Waals surface area contributed by atoms with Crippen LogP contribution in [0.25, 0.3) is 0 Å². The fraction of sp³-hybridized carbons (Fsp3) is 0.235. The number of hydrogen-bond donors (Lipinski definition) is 1. The van der Waals surface area contributed by atoms with Crippen LogP contribution in [-0.2, 0) is 21.4 Å². The number of carbonyl (C=O) groups excluding carboxylic acids is 1. The second-order valence-corrected chi connectivity index (χ2v) is 7.31. The molecule has 0 aromatic heterocycles. The molecule has 0 bridgehead atoms. The summed E-state index contributed by atoms with van der Waals surface area (Å²) in [5.41, 5.74) is 2.40. The minimum absolute atomic E-state index is 0.0240.